The van der Waals surface area contributed by atoms with E-state index in [9.17, 15) is 14.4 Å². The molecule has 0 aliphatic carbocycles. The summed E-state index contributed by atoms with van der Waals surface area (Å²) >= 11 is 2.57. The Morgan fingerprint density at radius 3 is 2.81 bits per heavy atom. The number of thioether (sulfide) groups is 1. The summed E-state index contributed by atoms with van der Waals surface area (Å²) in [6.07, 6.45) is 0. The van der Waals surface area contributed by atoms with Crippen LogP contribution in [0.15, 0.2) is 28.6 Å². The van der Waals surface area contributed by atoms with E-state index in [1.165, 1.54) is 34.9 Å². The van der Waals surface area contributed by atoms with E-state index in [-0.39, 0.29) is 17.8 Å². The summed E-state index contributed by atoms with van der Waals surface area (Å²) in [7, 11) is 0. The molecule has 1 atom stereocenters. The van der Waals surface area contributed by atoms with Crippen molar-refractivity contribution in [3.63, 3.8) is 0 Å². The molecule has 142 valence electrons. The van der Waals surface area contributed by atoms with Crippen molar-refractivity contribution in [3.05, 3.63) is 24.3 Å². The van der Waals surface area contributed by atoms with Crippen LogP contribution in [0.5, 0.6) is 0 Å². The number of benzene rings is 1. The van der Waals surface area contributed by atoms with E-state index in [2.05, 4.69) is 26.1 Å². The van der Waals surface area contributed by atoms with E-state index in [0.29, 0.717) is 28.2 Å². The maximum atomic E-state index is 12.3. The van der Waals surface area contributed by atoms with Gasteiger partial charge in [0.05, 0.1) is 5.25 Å². The van der Waals surface area contributed by atoms with Crippen LogP contribution in [-0.2, 0) is 9.59 Å². The number of anilines is 3. The van der Waals surface area contributed by atoms with Crippen LogP contribution in [0.25, 0.3) is 0 Å². The van der Waals surface area contributed by atoms with Crippen LogP contribution in [0.3, 0.4) is 0 Å². The molecular weight excluding hydrogens is 388 g/mol. The molecule has 1 saturated heterocycles. The van der Waals surface area contributed by atoms with Crippen molar-refractivity contribution in [2.45, 2.75) is 23.4 Å². The summed E-state index contributed by atoms with van der Waals surface area (Å²) < 4.78 is 0.621. The maximum Gasteiger partial charge on any atom is 0.324 e. The third-order valence-corrected chi connectivity index (χ3v) is 5.60. The first-order valence-electron chi connectivity index (χ1n) is 8.16. The van der Waals surface area contributed by atoms with Gasteiger partial charge in [0.1, 0.15) is 0 Å². The van der Waals surface area contributed by atoms with Gasteiger partial charge in [-0.1, -0.05) is 29.2 Å². The third-order valence-electron chi connectivity index (χ3n) is 3.59. The predicted octanol–water partition coefficient (Wildman–Crippen LogP) is 2.27. The standard InChI is InChI=1S/C16H18N6O3S2/c1-9(13(24)22-7-6-17-15(22)25)26-16-21-20-14(27-16)19-12-5-3-4-11(8-12)18-10(2)23/h3-5,8-9H,6-7H2,1-2H3,(H,17,25)(H,18,23)(H,19,20). The third kappa shape index (κ3) is 4.95. The zero-order chi connectivity index (χ0) is 19.4. The lowest BCUT2D eigenvalue weighted by atomic mass is 10.3. The van der Waals surface area contributed by atoms with E-state index >= 15 is 0 Å². The largest absolute Gasteiger partial charge is 0.336 e. The van der Waals surface area contributed by atoms with Crippen molar-refractivity contribution in [1.29, 1.82) is 0 Å². The number of nitrogens with one attached hydrogen (secondary N) is 3. The lowest BCUT2D eigenvalue weighted by Gasteiger charge is -2.16. The molecule has 27 heavy (non-hydrogen) atoms. The lowest BCUT2D eigenvalue weighted by Crippen LogP contribution is -2.38. The van der Waals surface area contributed by atoms with Crippen LogP contribution in [0.1, 0.15) is 13.8 Å². The molecule has 1 aliphatic rings. The number of carbonyl (C=O) groups is 3. The molecule has 4 amide bonds. The Morgan fingerprint density at radius 2 is 2.11 bits per heavy atom. The smallest absolute Gasteiger partial charge is 0.324 e. The van der Waals surface area contributed by atoms with Crippen molar-refractivity contribution in [3.8, 4) is 0 Å². The molecule has 0 spiro atoms. The van der Waals surface area contributed by atoms with Gasteiger partial charge < -0.3 is 16.0 Å². The molecule has 1 fully saturated rings. The number of imide groups is 1. The molecule has 1 aromatic carbocycles. The average Bonchev–Trinajstić information content (AvgIpc) is 3.23. The summed E-state index contributed by atoms with van der Waals surface area (Å²) in [6.45, 7) is 4.05. The quantitative estimate of drug-likeness (QED) is 0.630. The first-order valence-corrected chi connectivity index (χ1v) is 9.86. The van der Waals surface area contributed by atoms with Crippen LogP contribution >= 0.6 is 23.1 Å². The molecular formula is C16H18N6O3S2. The molecule has 0 saturated carbocycles. The lowest BCUT2D eigenvalue weighted by molar-refractivity contribution is -0.126. The van der Waals surface area contributed by atoms with Crippen LogP contribution in [-0.4, -0.2) is 51.3 Å². The Labute approximate surface area is 163 Å². The number of amides is 4. The van der Waals surface area contributed by atoms with Gasteiger partial charge in [0.15, 0.2) is 4.34 Å². The highest BCUT2D eigenvalue weighted by molar-refractivity contribution is 8.02. The predicted molar refractivity (Wildman–Crippen MR) is 104 cm³/mol. The van der Waals surface area contributed by atoms with Gasteiger partial charge in [-0.2, -0.15) is 0 Å². The Kier molecular flexibility index (Phi) is 5.91. The minimum atomic E-state index is -0.447. The molecule has 2 aromatic rings. The minimum absolute atomic E-state index is 0.146. The Morgan fingerprint density at radius 1 is 1.33 bits per heavy atom. The Bertz CT molecular complexity index is 871. The van der Waals surface area contributed by atoms with Crippen molar-refractivity contribution in [2.24, 2.45) is 0 Å². The van der Waals surface area contributed by atoms with E-state index in [0.717, 1.165) is 5.69 Å². The minimum Gasteiger partial charge on any atom is -0.336 e. The fourth-order valence-electron chi connectivity index (χ4n) is 2.41. The Hall–Kier alpha value is -2.66. The van der Waals surface area contributed by atoms with Crippen LogP contribution in [0, 0.1) is 0 Å². The van der Waals surface area contributed by atoms with E-state index < -0.39 is 5.25 Å². The second-order valence-corrected chi connectivity index (χ2v) is 8.31. The van der Waals surface area contributed by atoms with Crippen molar-refractivity contribution in [1.82, 2.24) is 20.4 Å². The summed E-state index contributed by atoms with van der Waals surface area (Å²) in [5.41, 5.74) is 1.43. The van der Waals surface area contributed by atoms with Gasteiger partial charge in [-0.05, 0) is 25.1 Å². The van der Waals surface area contributed by atoms with Crippen molar-refractivity contribution < 1.29 is 14.4 Å². The van der Waals surface area contributed by atoms with Gasteiger partial charge in [0.25, 0.3) is 0 Å². The van der Waals surface area contributed by atoms with Gasteiger partial charge in [-0.3, -0.25) is 14.5 Å². The highest BCUT2D eigenvalue weighted by Crippen LogP contribution is 2.31. The second kappa shape index (κ2) is 8.35. The normalized spacial score (nSPS) is 14.6. The molecule has 1 unspecified atom stereocenters. The average molecular weight is 406 g/mol. The van der Waals surface area contributed by atoms with Crippen LogP contribution in [0.2, 0.25) is 0 Å². The molecule has 3 rings (SSSR count). The van der Waals surface area contributed by atoms with Gasteiger partial charge >= 0.3 is 6.03 Å². The fourth-order valence-corrected chi connectivity index (χ4v) is 4.39. The molecule has 1 aliphatic heterocycles. The monoisotopic (exact) mass is 406 g/mol. The number of hydrogen-bond acceptors (Lipinski definition) is 8. The molecule has 1 aromatic heterocycles. The highest BCUT2D eigenvalue weighted by Gasteiger charge is 2.30. The number of hydrogen-bond donors (Lipinski definition) is 3. The highest BCUT2D eigenvalue weighted by atomic mass is 32.2. The Balaban J connectivity index is 1.60. The molecule has 11 heteroatoms. The summed E-state index contributed by atoms with van der Waals surface area (Å²) in [5.74, 6) is -0.394. The number of carbonyl (C=O) groups excluding carboxylic acids is 3. The second-order valence-electron chi connectivity index (χ2n) is 5.74. The first kappa shape index (κ1) is 19.1. The van der Waals surface area contributed by atoms with E-state index in [4.69, 9.17) is 0 Å². The SMILES string of the molecule is CC(=O)Nc1cccc(Nc2nnc(SC(C)C(=O)N3CCNC3=O)s2)c1. The van der Waals surface area contributed by atoms with Crippen LogP contribution in [0.4, 0.5) is 21.3 Å². The van der Waals surface area contributed by atoms with Gasteiger partial charge in [-0.25, -0.2) is 4.79 Å². The molecule has 0 bridgehead atoms. The van der Waals surface area contributed by atoms with Crippen molar-refractivity contribution in [2.75, 3.05) is 23.7 Å². The van der Waals surface area contributed by atoms with Gasteiger partial charge in [0, 0.05) is 31.4 Å². The number of nitrogens with zero attached hydrogens (tertiary/aromatic N) is 3. The maximum absolute atomic E-state index is 12.3. The van der Waals surface area contributed by atoms with Crippen LogP contribution < -0.4 is 16.0 Å². The van der Waals surface area contributed by atoms with Crippen molar-refractivity contribution >= 4 is 57.5 Å². The zero-order valence-corrected chi connectivity index (χ0v) is 16.3. The fraction of sp³-hybridized carbons (Fsp3) is 0.312. The number of aromatic nitrogens is 2. The molecule has 0 radical (unpaired) electrons. The van der Waals surface area contributed by atoms with E-state index in [1.807, 2.05) is 12.1 Å². The van der Waals surface area contributed by atoms with E-state index in [1.54, 1.807) is 19.1 Å². The summed E-state index contributed by atoms with van der Waals surface area (Å²) in [5, 5.41) is 16.7. The first-order chi connectivity index (χ1) is 12.9. The topological polar surface area (TPSA) is 116 Å². The molecule has 9 nitrogen and oxygen atoms in total. The number of urea groups is 1. The summed E-state index contributed by atoms with van der Waals surface area (Å²) in [4.78, 5) is 36.3. The molecule has 3 N–H and O–H groups in total. The zero-order valence-electron chi connectivity index (χ0n) is 14.7. The molecule has 2 heterocycles. The number of rotatable bonds is 6. The van der Waals surface area contributed by atoms with Gasteiger partial charge in [0.2, 0.25) is 16.9 Å². The summed E-state index contributed by atoms with van der Waals surface area (Å²) in [6, 6.07) is 6.87. The van der Waals surface area contributed by atoms with Gasteiger partial charge in [-0.15, -0.1) is 10.2 Å².